The number of rotatable bonds is 1. The van der Waals surface area contributed by atoms with Gasteiger partial charge in [0, 0.05) is 5.84 Å². The average Bonchev–Trinajstić information content (AvgIpc) is 2.08. The van der Waals surface area contributed by atoms with Gasteiger partial charge < -0.3 is 5.11 Å². The minimum Gasteiger partial charge on any atom is -0.507 e. The SMILES string of the molecule is [2H]Cc1cc(Br)cc(C=O)c1O. The molecular weight excluding hydrogens is 208 g/mol. The molecule has 1 aromatic carbocycles. The van der Waals surface area contributed by atoms with Crippen molar-refractivity contribution in [2.24, 2.45) is 0 Å². The molecule has 0 radical (unpaired) electrons. The lowest BCUT2D eigenvalue weighted by molar-refractivity contribution is 0.112. The smallest absolute Gasteiger partial charge is 0.153 e. The molecule has 0 amide bonds. The molecule has 0 saturated carbocycles. The predicted molar refractivity (Wildman–Crippen MR) is 45.9 cm³/mol. The van der Waals surface area contributed by atoms with Crippen LogP contribution in [0.4, 0.5) is 0 Å². The van der Waals surface area contributed by atoms with Crippen LogP contribution in [0.1, 0.15) is 17.3 Å². The molecule has 0 aliphatic heterocycles. The first-order chi connectivity index (χ1) is 5.69. The molecule has 1 aromatic rings. The molecule has 11 heavy (non-hydrogen) atoms. The number of phenols is 1. The maximum absolute atomic E-state index is 10.4. The second-order valence-corrected chi connectivity index (χ2v) is 3.04. The molecule has 0 fully saturated rings. The van der Waals surface area contributed by atoms with Crippen molar-refractivity contribution in [1.82, 2.24) is 0 Å². The maximum Gasteiger partial charge on any atom is 0.153 e. The third-order valence-electron chi connectivity index (χ3n) is 1.31. The molecule has 0 spiro atoms. The highest BCUT2D eigenvalue weighted by atomic mass is 79.9. The van der Waals surface area contributed by atoms with Crippen molar-refractivity contribution in [1.29, 1.82) is 0 Å². The fourth-order valence-corrected chi connectivity index (χ4v) is 1.29. The number of aromatic hydroxyl groups is 1. The van der Waals surface area contributed by atoms with E-state index in [-0.39, 0.29) is 18.2 Å². The van der Waals surface area contributed by atoms with E-state index in [1.807, 2.05) is 0 Å². The number of halogens is 1. The van der Waals surface area contributed by atoms with Crippen LogP contribution in [-0.4, -0.2) is 11.4 Å². The maximum atomic E-state index is 10.4. The van der Waals surface area contributed by atoms with Crippen LogP contribution in [0.5, 0.6) is 5.75 Å². The topological polar surface area (TPSA) is 37.3 Å². The average molecular weight is 216 g/mol. The van der Waals surface area contributed by atoms with Crippen molar-refractivity contribution in [3.8, 4) is 5.75 Å². The first-order valence-electron chi connectivity index (χ1n) is 3.65. The summed E-state index contributed by atoms with van der Waals surface area (Å²) in [5, 5.41) is 9.34. The molecule has 0 atom stereocenters. The van der Waals surface area contributed by atoms with Gasteiger partial charge in [0.05, 0.1) is 5.56 Å². The van der Waals surface area contributed by atoms with E-state index in [9.17, 15) is 9.90 Å². The quantitative estimate of drug-likeness (QED) is 0.731. The predicted octanol–water partition coefficient (Wildman–Crippen LogP) is 2.28. The summed E-state index contributed by atoms with van der Waals surface area (Å²) >= 11 is 3.18. The summed E-state index contributed by atoms with van der Waals surface area (Å²) in [6.45, 7) is -0.0356. The summed E-state index contributed by atoms with van der Waals surface area (Å²) in [6, 6.07) is 3.14. The van der Waals surface area contributed by atoms with Crippen molar-refractivity contribution in [3.63, 3.8) is 0 Å². The summed E-state index contributed by atoms with van der Waals surface area (Å²) < 4.78 is 7.75. The highest BCUT2D eigenvalue weighted by Crippen LogP contribution is 2.24. The summed E-state index contributed by atoms with van der Waals surface area (Å²) in [6.07, 6.45) is 0.569. The molecule has 58 valence electrons. The Morgan fingerprint density at radius 3 is 3.00 bits per heavy atom. The van der Waals surface area contributed by atoms with E-state index in [1.54, 1.807) is 6.07 Å². The van der Waals surface area contributed by atoms with Gasteiger partial charge in [0.25, 0.3) is 0 Å². The van der Waals surface area contributed by atoms with Gasteiger partial charge in [-0.1, -0.05) is 15.9 Å². The van der Waals surface area contributed by atoms with E-state index in [2.05, 4.69) is 15.9 Å². The van der Waals surface area contributed by atoms with Gasteiger partial charge in [-0.25, -0.2) is 0 Å². The van der Waals surface area contributed by atoms with Gasteiger partial charge in [-0.3, -0.25) is 4.79 Å². The highest BCUT2D eigenvalue weighted by molar-refractivity contribution is 9.10. The van der Waals surface area contributed by atoms with Gasteiger partial charge in [-0.05, 0) is 24.6 Å². The Morgan fingerprint density at radius 2 is 2.45 bits per heavy atom. The molecule has 0 saturated heterocycles. The summed E-state index contributed by atoms with van der Waals surface area (Å²) in [5.74, 6) is -0.0943. The van der Waals surface area contributed by atoms with Crippen molar-refractivity contribution < 1.29 is 11.3 Å². The number of carbonyl (C=O) groups excluding carboxylic acids is 1. The minimum atomic E-state index is -0.0943. The second-order valence-electron chi connectivity index (χ2n) is 2.12. The Balaban J connectivity index is 3.31. The van der Waals surface area contributed by atoms with Crippen LogP contribution in [0.3, 0.4) is 0 Å². The standard InChI is InChI=1S/C8H7BrO2/c1-5-2-7(9)3-6(4-10)8(5)11/h2-4,11H,1H3/i1D. The van der Waals surface area contributed by atoms with Gasteiger partial charge in [-0.15, -0.1) is 0 Å². The number of phenolic OH excluding ortho intramolecular Hbond substituents is 1. The van der Waals surface area contributed by atoms with Gasteiger partial charge in [0.1, 0.15) is 5.75 Å². The zero-order chi connectivity index (χ0) is 9.14. The molecule has 3 heteroatoms. The third-order valence-corrected chi connectivity index (χ3v) is 1.77. The van der Waals surface area contributed by atoms with E-state index < -0.39 is 0 Å². The third kappa shape index (κ3) is 1.60. The van der Waals surface area contributed by atoms with Gasteiger partial charge in [-0.2, -0.15) is 0 Å². The van der Waals surface area contributed by atoms with Crippen molar-refractivity contribution in [2.45, 2.75) is 6.90 Å². The minimum absolute atomic E-state index is 0.0356. The van der Waals surface area contributed by atoms with Crippen molar-refractivity contribution in [2.75, 3.05) is 0 Å². The van der Waals surface area contributed by atoms with Crippen LogP contribution in [0.2, 0.25) is 0 Å². The summed E-state index contributed by atoms with van der Waals surface area (Å²) in [4.78, 5) is 10.4. The second kappa shape index (κ2) is 3.05. The fraction of sp³-hybridized carbons (Fsp3) is 0.125. The summed E-state index contributed by atoms with van der Waals surface area (Å²) in [5.41, 5.74) is 0.665. The number of hydrogen-bond donors (Lipinski definition) is 1. The monoisotopic (exact) mass is 215 g/mol. The number of aldehydes is 1. The van der Waals surface area contributed by atoms with E-state index in [4.69, 9.17) is 1.37 Å². The molecule has 0 aliphatic rings. The Kier molecular flexibility index (Phi) is 1.90. The van der Waals surface area contributed by atoms with Crippen LogP contribution in [0.25, 0.3) is 0 Å². The Morgan fingerprint density at radius 1 is 1.73 bits per heavy atom. The van der Waals surface area contributed by atoms with Crippen molar-refractivity contribution >= 4 is 22.2 Å². The normalized spacial score (nSPS) is 10.8. The fourth-order valence-electron chi connectivity index (χ4n) is 0.769. The van der Waals surface area contributed by atoms with Crippen LogP contribution < -0.4 is 0 Å². The molecular formula is C8H7BrO2. The zero-order valence-electron chi connectivity index (χ0n) is 6.67. The molecule has 0 bridgehead atoms. The molecule has 0 aromatic heterocycles. The molecule has 0 heterocycles. The van der Waals surface area contributed by atoms with Gasteiger partial charge >= 0.3 is 0 Å². The van der Waals surface area contributed by atoms with Crippen LogP contribution in [-0.2, 0) is 0 Å². The van der Waals surface area contributed by atoms with Crippen LogP contribution in [0.15, 0.2) is 16.6 Å². The van der Waals surface area contributed by atoms with E-state index >= 15 is 0 Å². The zero-order valence-corrected chi connectivity index (χ0v) is 7.26. The number of benzene rings is 1. The van der Waals surface area contributed by atoms with Crippen LogP contribution >= 0.6 is 15.9 Å². The number of aryl methyl sites for hydroxylation is 1. The largest absolute Gasteiger partial charge is 0.507 e. The first kappa shape index (κ1) is 6.85. The van der Waals surface area contributed by atoms with Crippen molar-refractivity contribution in [3.05, 3.63) is 27.7 Å². The highest BCUT2D eigenvalue weighted by Gasteiger charge is 2.03. The molecule has 0 unspecified atom stereocenters. The lowest BCUT2D eigenvalue weighted by Crippen LogP contribution is -1.84. The number of hydrogen-bond acceptors (Lipinski definition) is 2. The van der Waals surface area contributed by atoms with Gasteiger partial charge in [0.2, 0.25) is 0 Å². The molecule has 1 rings (SSSR count). The summed E-state index contributed by atoms with van der Waals surface area (Å²) in [7, 11) is 0. The lowest BCUT2D eigenvalue weighted by atomic mass is 10.1. The van der Waals surface area contributed by atoms with Crippen LogP contribution in [0, 0.1) is 6.90 Å². The van der Waals surface area contributed by atoms with Gasteiger partial charge in [0.15, 0.2) is 6.29 Å². The van der Waals surface area contributed by atoms with E-state index in [1.165, 1.54) is 6.07 Å². The Labute approximate surface area is 74.4 Å². The molecule has 0 aliphatic carbocycles. The molecule has 1 N–H and O–H groups in total. The van der Waals surface area contributed by atoms with E-state index in [0.29, 0.717) is 16.3 Å². The van der Waals surface area contributed by atoms with E-state index in [0.717, 1.165) is 0 Å². The first-order valence-corrected chi connectivity index (χ1v) is 3.74. The number of carbonyl (C=O) groups is 1. The Bertz CT molecular complexity index is 312. The lowest BCUT2D eigenvalue weighted by Gasteiger charge is -2.01. The molecule has 2 nitrogen and oxygen atoms in total. The Hall–Kier alpha value is -0.830.